The van der Waals surface area contributed by atoms with Crippen LogP contribution in [0.15, 0.2) is 54.6 Å². The minimum Gasteiger partial charge on any atom is -0.395 e. The van der Waals surface area contributed by atoms with Crippen LogP contribution in [0, 0.1) is 11.8 Å². The van der Waals surface area contributed by atoms with Crippen molar-refractivity contribution >= 4 is 23.4 Å². The number of hydrogen-bond acceptors (Lipinski definition) is 5. The highest BCUT2D eigenvalue weighted by molar-refractivity contribution is 6.04. The summed E-state index contributed by atoms with van der Waals surface area (Å²) >= 11 is 0. The average Bonchev–Trinajstić information content (AvgIpc) is 3.11. The summed E-state index contributed by atoms with van der Waals surface area (Å²) in [6.45, 7) is 8.28. The van der Waals surface area contributed by atoms with Gasteiger partial charge in [0.05, 0.1) is 24.0 Å². The van der Waals surface area contributed by atoms with Gasteiger partial charge in [-0.05, 0) is 39.3 Å². The number of β-amino-alcohol motifs (C(OH)–C–C–N with tert-alkyl or cyclic N) is 1. The fourth-order valence-corrected chi connectivity index (χ4v) is 6.55. The predicted molar refractivity (Wildman–Crippen MR) is 135 cm³/mol. The van der Waals surface area contributed by atoms with Gasteiger partial charge in [-0.3, -0.25) is 14.4 Å². The molecule has 2 saturated heterocycles. The maximum absolute atomic E-state index is 14.3. The van der Waals surface area contributed by atoms with Crippen LogP contribution in [-0.4, -0.2) is 81.7 Å². The van der Waals surface area contributed by atoms with Crippen LogP contribution >= 0.6 is 0 Å². The van der Waals surface area contributed by atoms with Gasteiger partial charge in [-0.2, -0.15) is 0 Å². The summed E-state index contributed by atoms with van der Waals surface area (Å²) in [5, 5.41) is 9.83. The molecule has 1 N–H and O–H groups in total. The van der Waals surface area contributed by atoms with Crippen LogP contribution < -0.4 is 4.90 Å². The third-order valence-electron chi connectivity index (χ3n) is 8.16. The number of benzene rings is 1. The van der Waals surface area contributed by atoms with Crippen molar-refractivity contribution in [2.24, 2.45) is 11.8 Å². The van der Waals surface area contributed by atoms with E-state index in [2.05, 4.69) is 0 Å². The summed E-state index contributed by atoms with van der Waals surface area (Å²) in [6, 6.07) is 8.46. The Morgan fingerprint density at radius 3 is 2.31 bits per heavy atom. The highest BCUT2D eigenvalue weighted by atomic mass is 16.5. The second-order valence-electron chi connectivity index (χ2n) is 11.1. The zero-order valence-corrected chi connectivity index (χ0v) is 21.4. The van der Waals surface area contributed by atoms with E-state index in [0.717, 1.165) is 5.69 Å². The lowest BCUT2D eigenvalue weighted by molar-refractivity contribution is -0.155. The molecule has 8 heteroatoms. The molecule has 36 heavy (non-hydrogen) atoms. The number of hydrogen-bond donors (Lipinski definition) is 1. The van der Waals surface area contributed by atoms with Gasteiger partial charge in [0.1, 0.15) is 11.6 Å². The second-order valence-corrected chi connectivity index (χ2v) is 11.1. The molecule has 3 amide bonds. The smallest absolute Gasteiger partial charge is 0.249 e. The summed E-state index contributed by atoms with van der Waals surface area (Å²) in [5.41, 5.74) is -2.06. The minimum atomic E-state index is -1.30. The highest BCUT2D eigenvalue weighted by Crippen LogP contribution is 2.58. The lowest BCUT2D eigenvalue weighted by Crippen LogP contribution is -2.59. The molecule has 8 nitrogen and oxygen atoms in total. The topological polar surface area (TPSA) is 90.4 Å². The van der Waals surface area contributed by atoms with E-state index < -0.39 is 34.6 Å². The van der Waals surface area contributed by atoms with E-state index in [4.69, 9.17) is 4.74 Å². The lowest BCUT2D eigenvalue weighted by atomic mass is 9.73. The Morgan fingerprint density at radius 1 is 0.972 bits per heavy atom. The molecule has 192 valence electrons. The van der Waals surface area contributed by atoms with Gasteiger partial charge in [0, 0.05) is 30.9 Å². The Bertz CT molecular complexity index is 1130. The molecule has 1 aromatic rings. The van der Waals surface area contributed by atoms with E-state index in [1.54, 1.807) is 9.80 Å². The maximum atomic E-state index is 14.3. The Balaban J connectivity index is 1.67. The van der Waals surface area contributed by atoms with E-state index in [0.29, 0.717) is 19.5 Å². The van der Waals surface area contributed by atoms with E-state index >= 15 is 0 Å². The Labute approximate surface area is 212 Å². The predicted octanol–water partition coefficient (Wildman–Crippen LogP) is 2.14. The van der Waals surface area contributed by atoms with E-state index in [-0.39, 0.29) is 30.9 Å². The number of ether oxygens (including phenoxy) is 1. The Kier molecular flexibility index (Phi) is 5.87. The van der Waals surface area contributed by atoms with Crippen molar-refractivity contribution in [1.82, 2.24) is 9.80 Å². The first-order valence-electron chi connectivity index (χ1n) is 12.8. The van der Waals surface area contributed by atoms with Crippen molar-refractivity contribution in [3.05, 3.63) is 54.6 Å². The number of carbonyl (C=O) groups excluding carboxylic acids is 3. The molecule has 1 spiro atoms. The SMILES string of the molecule is CC[C@@]12C=CCN(c3ccccc3)C(=O)[C@@H]1[C@H]1C(=O)N(CCO)C3C(=O)N(C(C)(C)C)CC=C[C@@]31O2. The van der Waals surface area contributed by atoms with Gasteiger partial charge in [-0.1, -0.05) is 49.4 Å². The van der Waals surface area contributed by atoms with Crippen molar-refractivity contribution in [1.29, 1.82) is 0 Å². The molecule has 0 aliphatic carbocycles. The van der Waals surface area contributed by atoms with Crippen molar-refractivity contribution in [3.63, 3.8) is 0 Å². The number of para-hydroxylation sites is 1. The molecule has 0 radical (unpaired) electrons. The first-order valence-corrected chi connectivity index (χ1v) is 12.8. The van der Waals surface area contributed by atoms with Crippen LogP contribution in [0.25, 0.3) is 0 Å². The Hall–Kier alpha value is -2.97. The van der Waals surface area contributed by atoms with E-state index in [9.17, 15) is 19.5 Å². The van der Waals surface area contributed by atoms with Crippen LogP contribution in [0.5, 0.6) is 0 Å². The number of aliphatic hydroxyl groups is 1. The highest BCUT2D eigenvalue weighted by Gasteiger charge is 2.75. The standard InChI is InChI=1S/C28H35N3O5/c1-5-27-13-9-15-29(19-11-7-6-8-12-19)23(33)20(27)21-24(34)30(17-18-32)22-25(35)31(26(2,3)4)16-10-14-28(21,22)36-27/h6-14,20-22,32H,5,15-18H2,1-4H3/t20-,21-,22?,27+,28-/m0/s1. The zero-order valence-electron chi connectivity index (χ0n) is 21.4. The van der Waals surface area contributed by atoms with Crippen LogP contribution in [0.2, 0.25) is 0 Å². The van der Waals surface area contributed by atoms with E-state index in [1.165, 1.54) is 4.90 Å². The number of carbonyl (C=O) groups is 3. The molecular weight excluding hydrogens is 458 g/mol. The molecule has 4 aliphatic rings. The summed E-state index contributed by atoms with van der Waals surface area (Å²) in [4.78, 5) is 47.3. The van der Waals surface area contributed by atoms with Crippen LogP contribution in [0.1, 0.15) is 34.1 Å². The van der Waals surface area contributed by atoms with Crippen molar-refractivity contribution < 1.29 is 24.2 Å². The molecule has 5 rings (SSSR count). The largest absolute Gasteiger partial charge is 0.395 e. The van der Waals surface area contributed by atoms with Crippen molar-refractivity contribution in [2.75, 3.05) is 31.1 Å². The number of rotatable bonds is 4. The molecule has 1 unspecified atom stereocenters. The number of amides is 3. The third kappa shape index (κ3) is 3.38. The quantitative estimate of drug-likeness (QED) is 0.649. The fraction of sp³-hybridized carbons (Fsp3) is 0.536. The number of fused-ring (bicyclic) bond motifs is 2. The summed E-state index contributed by atoms with van der Waals surface area (Å²) < 4.78 is 6.90. The van der Waals surface area contributed by atoms with Gasteiger partial charge < -0.3 is 24.5 Å². The average molecular weight is 494 g/mol. The molecule has 2 fully saturated rings. The number of likely N-dealkylation sites (tertiary alicyclic amines) is 1. The number of aliphatic hydroxyl groups excluding tert-OH is 1. The molecular formula is C28H35N3O5. The van der Waals surface area contributed by atoms with Crippen LogP contribution in [0.3, 0.4) is 0 Å². The molecule has 1 aromatic carbocycles. The molecule has 0 bridgehead atoms. The van der Waals surface area contributed by atoms with Gasteiger partial charge in [-0.15, -0.1) is 0 Å². The number of nitrogens with zero attached hydrogens (tertiary/aromatic N) is 3. The molecule has 4 heterocycles. The van der Waals surface area contributed by atoms with Gasteiger partial charge in [0.15, 0.2) is 0 Å². The van der Waals surface area contributed by atoms with Crippen LogP contribution in [-0.2, 0) is 19.1 Å². The lowest BCUT2D eigenvalue weighted by Gasteiger charge is -2.41. The second kappa shape index (κ2) is 8.56. The molecule has 0 aromatic heterocycles. The first kappa shape index (κ1) is 24.7. The van der Waals surface area contributed by atoms with Gasteiger partial charge in [0.2, 0.25) is 17.7 Å². The van der Waals surface area contributed by atoms with Gasteiger partial charge >= 0.3 is 0 Å². The monoisotopic (exact) mass is 493 g/mol. The van der Waals surface area contributed by atoms with Gasteiger partial charge in [-0.25, -0.2) is 0 Å². The van der Waals surface area contributed by atoms with Gasteiger partial charge in [0.25, 0.3) is 0 Å². The molecule has 0 saturated carbocycles. The minimum absolute atomic E-state index is 0.000940. The third-order valence-corrected chi connectivity index (χ3v) is 8.16. The number of anilines is 1. The summed E-state index contributed by atoms with van der Waals surface area (Å²) in [5.74, 6) is -2.42. The molecule has 4 aliphatic heterocycles. The van der Waals surface area contributed by atoms with Crippen molar-refractivity contribution in [3.8, 4) is 0 Å². The summed E-state index contributed by atoms with van der Waals surface area (Å²) in [7, 11) is 0. The maximum Gasteiger partial charge on any atom is 0.249 e. The van der Waals surface area contributed by atoms with Crippen LogP contribution in [0.4, 0.5) is 5.69 Å². The Morgan fingerprint density at radius 2 is 1.67 bits per heavy atom. The zero-order chi connectivity index (χ0) is 25.9. The summed E-state index contributed by atoms with van der Waals surface area (Å²) in [6.07, 6.45) is 8.08. The molecule has 5 atom stereocenters. The first-order chi connectivity index (χ1) is 17.1. The fourth-order valence-electron chi connectivity index (χ4n) is 6.55. The normalized spacial score (nSPS) is 34.0. The van der Waals surface area contributed by atoms with E-state index in [1.807, 2.05) is 82.3 Å². The van der Waals surface area contributed by atoms with Crippen molar-refractivity contribution in [2.45, 2.75) is 56.9 Å².